The number of hydrogen-bond donors (Lipinski definition) is 1. The molecule has 0 atom stereocenters. The highest BCUT2D eigenvalue weighted by molar-refractivity contribution is 7.99. The van der Waals surface area contributed by atoms with E-state index in [4.69, 9.17) is 5.73 Å². The Labute approximate surface area is 246 Å². The molecule has 0 aliphatic heterocycles. The summed E-state index contributed by atoms with van der Waals surface area (Å²) in [7, 11) is 0. The van der Waals surface area contributed by atoms with Gasteiger partial charge in [-0.2, -0.15) is 0 Å². The Balaban J connectivity index is 1.17. The van der Waals surface area contributed by atoms with Crippen LogP contribution in [0.2, 0.25) is 0 Å². The quantitative estimate of drug-likeness (QED) is 0.167. The number of thioether (sulfide) groups is 1. The van der Waals surface area contributed by atoms with E-state index in [-0.39, 0.29) is 0 Å². The predicted octanol–water partition coefficient (Wildman–Crippen LogP) is 10.7. The molecule has 8 aromatic rings. The minimum atomic E-state index is 0.840. The van der Waals surface area contributed by atoms with Crippen molar-refractivity contribution in [1.82, 2.24) is 4.57 Å². The topological polar surface area (TPSA) is 30.9 Å². The fourth-order valence-electron chi connectivity index (χ4n) is 5.98. The molecule has 0 amide bonds. The monoisotopic (exact) mass is 562 g/mol. The van der Waals surface area contributed by atoms with Crippen molar-refractivity contribution in [3.63, 3.8) is 0 Å². The van der Waals surface area contributed by atoms with E-state index >= 15 is 0 Å². The summed E-state index contributed by atoms with van der Waals surface area (Å²) >= 11 is 3.69. The molecule has 0 aliphatic rings. The molecule has 0 fully saturated rings. The van der Waals surface area contributed by atoms with Gasteiger partial charge in [0.2, 0.25) is 0 Å². The molecule has 0 saturated carbocycles. The fraction of sp³-hybridized carbons (Fsp3) is 0.0270. The smallest absolute Gasteiger partial charge is 0.0541 e. The molecule has 0 unspecified atom stereocenters. The summed E-state index contributed by atoms with van der Waals surface area (Å²) in [6.45, 7) is 0. The summed E-state index contributed by atoms with van der Waals surface area (Å²) in [4.78, 5) is 1.17. The van der Waals surface area contributed by atoms with Gasteiger partial charge in [-0.15, -0.1) is 23.1 Å². The van der Waals surface area contributed by atoms with Crippen LogP contribution < -0.4 is 5.73 Å². The van der Waals surface area contributed by atoms with Crippen LogP contribution in [0, 0.1) is 0 Å². The second-order valence-corrected chi connectivity index (χ2v) is 12.4. The van der Waals surface area contributed by atoms with Gasteiger partial charge in [0.25, 0.3) is 0 Å². The summed E-state index contributed by atoms with van der Waals surface area (Å²) in [5.41, 5.74) is 15.0. The van der Waals surface area contributed by atoms with Crippen molar-refractivity contribution < 1.29 is 0 Å². The molecular formula is C37H26N2S2. The van der Waals surface area contributed by atoms with Crippen LogP contribution in [0.3, 0.4) is 0 Å². The zero-order valence-electron chi connectivity index (χ0n) is 22.2. The minimum Gasteiger partial charge on any atom is -0.398 e. The number of rotatable bonds is 5. The molecule has 2 N–H and O–H groups in total. The molecule has 0 bridgehead atoms. The van der Waals surface area contributed by atoms with Gasteiger partial charge in [0.1, 0.15) is 0 Å². The summed E-state index contributed by atoms with van der Waals surface area (Å²) < 4.78 is 4.96. The number of anilines is 1. The van der Waals surface area contributed by atoms with Crippen molar-refractivity contribution in [2.24, 2.45) is 0 Å². The van der Waals surface area contributed by atoms with Crippen LogP contribution in [0.4, 0.5) is 5.69 Å². The number of benzene rings is 6. The number of aromatic nitrogens is 1. The molecule has 0 radical (unpaired) electrons. The molecule has 2 aromatic heterocycles. The van der Waals surface area contributed by atoms with E-state index in [1.54, 1.807) is 0 Å². The van der Waals surface area contributed by atoms with Gasteiger partial charge in [-0.1, -0.05) is 97.1 Å². The molecule has 4 heteroatoms. The van der Waals surface area contributed by atoms with Gasteiger partial charge in [0, 0.05) is 58.5 Å². The lowest BCUT2D eigenvalue weighted by molar-refractivity contribution is 1.17. The summed E-state index contributed by atoms with van der Waals surface area (Å²) in [5, 5.41) is 5.12. The molecule has 0 spiro atoms. The van der Waals surface area contributed by atoms with Crippen LogP contribution in [0.1, 0.15) is 5.56 Å². The van der Waals surface area contributed by atoms with Crippen LogP contribution >= 0.6 is 23.1 Å². The highest BCUT2D eigenvalue weighted by atomic mass is 32.2. The highest BCUT2D eigenvalue weighted by Gasteiger charge is 2.18. The van der Waals surface area contributed by atoms with Crippen LogP contribution in [0.5, 0.6) is 0 Å². The number of nitrogens with zero attached hydrogens (tertiary/aromatic N) is 1. The van der Waals surface area contributed by atoms with E-state index < -0.39 is 0 Å². The largest absolute Gasteiger partial charge is 0.398 e. The number of nitrogens with two attached hydrogens (primary N) is 1. The first-order chi connectivity index (χ1) is 20.3. The Bertz CT molecular complexity index is 2150. The first-order valence-electron chi connectivity index (χ1n) is 13.8. The molecule has 8 rings (SSSR count). The van der Waals surface area contributed by atoms with Crippen molar-refractivity contribution in [3.05, 3.63) is 139 Å². The lowest BCUT2D eigenvalue weighted by atomic mass is 10.0. The number of thiophene rings is 1. The van der Waals surface area contributed by atoms with Gasteiger partial charge >= 0.3 is 0 Å². The van der Waals surface area contributed by atoms with E-state index in [0.717, 1.165) is 11.4 Å². The minimum absolute atomic E-state index is 0.840. The van der Waals surface area contributed by atoms with Gasteiger partial charge in [0.05, 0.1) is 11.0 Å². The zero-order chi connectivity index (χ0) is 27.3. The third-order valence-corrected chi connectivity index (χ3v) is 10.3. The average Bonchev–Trinajstić information content (AvgIpc) is 3.58. The van der Waals surface area contributed by atoms with Crippen molar-refractivity contribution in [2.45, 2.75) is 10.6 Å². The van der Waals surface area contributed by atoms with E-state index in [0.29, 0.717) is 0 Å². The SMILES string of the molecule is Nc1cc(-c2ccccc2)c2sc3ccccc3c2c1SCc1ccc(-n2c3ccccc3c3ccccc32)cc1. The third-order valence-electron chi connectivity index (χ3n) is 7.87. The van der Waals surface area contributed by atoms with Gasteiger partial charge in [-0.05, 0) is 47.5 Å². The van der Waals surface area contributed by atoms with Crippen LogP contribution in [0.25, 0.3) is 58.8 Å². The third kappa shape index (κ3) is 4.02. The Kier molecular flexibility index (Phi) is 5.83. The summed E-state index contributed by atoms with van der Waals surface area (Å²) in [6.07, 6.45) is 0. The normalized spacial score (nSPS) is 11.7. The van der Waals surface area contributed by atoms with E-state index in [1.165, 1.54) is 69.3 Å². The average molecular weight is 563 g/mol. The number of fused-ring (bicyclic) bond motifs is 6. The predicted molar refractivity (Wildman–Crippen MR) is 180 cm³/mol. The zero-order valence-corrected chi connectivity index (χ0v) is 23.9. The lowest BCUT2D eigenvalue weighted by Crippen LogP contribution is -1.95. The molecule has 41 heavy (non-hydrogen) atoms. The molecule has 0 aliphatic carbocycles. The number of hydrogen-bond acceptors (Lipinski definition) is 3. The maximum Gasteiger partial charge on any atom is 0.0541 e. The van der Waals surface area contributed by atoms with Crippen molar-refractivity contribution in [1.29, 1.82) is 0 Å². The van der Waals surface area contributed by atoms with Crippen molar-refractivity contribution >= 4 is 70.8 Å². The molecule has 196 valence electrons. The molecule has 6 aromatic carbocycles. The summed E-state index contributed by atoms with van der Waals surface area (Å²) in [6, 6.07) is 47.7. The lowest BCUT2D eigenvalue weighted by Gasteiger charge is -2.13. The van der Waals surface area contributed by atoms with E-state index in [9.17, 15) is 0 Å². The van der Waals surface area contributed by atoms with E-state index in [2.05, 4.69) is 138 Å². The van der Waals surface area contributed by atoms with Crippen molar-refractivity contribution in [2.75, 3.05) is 5.73 Å². The van der Waals surface area contributed by atoms with Gasteiger partial charge in [-0.3, -0.25) is 0 Å². The fourth-order valence-corrected chi connectivity index (χ4v) is 8.37. The second kappa shape index (κ2) is 9.84. The molecular weight excluding hydrogens is 537 g/mol. The molecule has 2 nitrogen and oxygen atoms in total. The first kappa shape index (κ1) is 24.3. The van der Waals surface area contributed by atoms with Crippen LogP contribution in [-0.4, -0.2) is 4.57 Å². The van der Waals surface area contributed by atoms with Gasteiger partial charge in [-0.25, -0.2) is 0 Å². The maximum atomic E-state index is 6.81. The Morgan fingerprint density at radius 3 is 1.95 bits per heavy atom. The van der Waals surface area contributed by atoms with Gasteiger partial charge in [0.15, 0.2) is 0 Å². The Morgan fingerprint density at radius 2 is 1.24 bits per heavy atom. The highest BCUT2D eigenvalue weighted by Crippen LogP contribution is 2.47. The second-order valence-electron chi connectivity index (χ2n) is 10.3. The first-order valence-corrected chi connectivity index (χ1v) is 15.6. The molecule has 0 saturated heterocycles. The number of para-hydroxylation sites is 2. The van der Waals surface area contributed by atoms with Crippen LogP contribution in [0.15, 0.2) is 138 Å². The maximum absolute atomic E-state index is 6.81. The van der Waals surface area contributed by atoms with Crippen molar-refractivity contribution in [3.8, 4) is 16.8 Å². The number of nitrogen functional groups attached to an aromatic ring is 1. The standard InChI is InChI=1S/C37H26N2S2/c38-31-22-30(25-10-2-1-3-11-25)36-35(29-14-6-9-17-34(29)41-36)37(31)40-23-24-18-20-26(21-19-24)39-32-15-7-4-12-27(32)28-13-5-8-16-33(28)39/h1-22H,23,38H2. The van der Waals surface area contributed by atoms with Crippen LogP contribution in [-0.2, 0) is 5.75 Å². The van der Waals surface area contributed by atoms with E-state index in [1.807, 2.05) is 23.1 Å². The van der Waals surface area contributed by atoms with Gasteiger partial charge < -0.3 is 10.3 Å². The Morgan fingerprint density at radius 1 is 0.634 bits per heavy atom. The summed E-state index contributed by atoms with van der Waals surface area (Å²) in [5.74, 6) is 0.849. The molecule has 2 heterocycles. The Hall–Kier alpha value is -4.51.